The second kappa shape index (κ2) is 15.4. The number of halogens is 1. The van der Waals surface area contributed by atoms with Gasteiger partial charge in [0.1, 0.15) is 5.82 Å². The molecule has 11 heteroatoms. The topological polar surface area (TPSA) is 111 Å². The Kier molecular flexibility index (Phi) is 11.7. The van der Waals surface area contributed by atoms with Crippen LogP contribution in [0.25, 0.3) is 0 Å². The number of hydrogen-bond donors (Lipinski definition) is 1. The maximum atomic E-state index is 14.5. The van der Waals surface area contributed by atoms with E-state index in [9.17, 15) is 22.4 Å². The van der Waals surface area contributed by atoms with Crippen LogP contribution < -0.4 is 19.7 Å². The predicted octanol–water partition coefficient (Wildman–Crippen LogP) is 6.54. The van der Waals surface area contributed by atoms with Crippen LogP contribution in [0.4, 0.5) is 15.8 Å². The zero-order valence-electron chi connectivity index (χ0n) is 26.9. The number of methoxy groups -OCH3 is 2. The molecule has 0 aromatic heterocycles. The SMILES string of the molecule is CCCCC1(CCCC)CN(c2ccccc2)c2cc(OC)c(OCC(=O)NC(C(=O)OC)c3ccccc3F)cc2S(=O)(=O)C1. The van der Waals surface area contributed by atoms with Crippen LogP contribution in [-0.4, -0.2) is 53.4 Å². The van der Waals surface area contributed by atoms with E-state index in [-0.39, 0.29) is 27.7 Å². The fourth-order valence-electron chi connectivity index (χ4n) is 6.02. The number of anilines is 2. The summed E-state index contributed by atoms with van der Waals surface area (Å²) in [6.45, 7) is 4.13. The molecule has 0 aliphatic carbocycles. The number of benzene rings is 3. The molecule has 0 saturated heterocycles. The van der Waals surface area contributed by atoms with Gasteiger partial charge in [0.15, 0.2) is 34.0 Å². The van der Waals surface area contributed by atoms with E-state index < -0.39 is 45.6 Å². The number of unbranched alkanes of at least 4 members (excludes halogenated alkanes) is 2. The van der Waals surface area contributed by atoms with Crippen molar-refractivity contribution in [2.45, 2.75) is 63.3 Å². The first kappa shape index (κ1) is 34.7. The monoisotopic (exact) mass is 654 g/mol. The number of amides is 1. The van der Waals surface area contributed by atoms with Crippen LogP contribution in [0.5, 0.6) is 11.5 Å². The summed E-state index contributed by atoms with van der Waals surface area (Å²) in [4.78, 5) is 27.6. The lowest BCUT2D eigenvalue weighted by Gasteiger charge is -2.37. The molecule has 4 rings (SSSR count). The Bertz CT molecular complexity index is 1610. The molecule has 0 spiro atoms. The average molecular weight is 655 g/mol. The van der Waals surface area contributed by atoms with E-state index in [1.54, 1.807) is 6.07 Å². The number of carbonyl (C=O) groups excluding carboxylic acids is 2. The maximum Gasteiger partial charge on any atom is 0.333 e. The lowest BCUT2D eigenvalue weighted by Crippen LogP contribution is -2.38. The van der Waals surface area contributed by atoms with Gasteiger partial charge in [0.25, 0.3) is 5.91 Å². The molecule has 46 heavy (non-hydrogen) atoms. The number of nitrogens with zero attached hydrogens (tertiary/aromatic N) is 1. The molecule has 0 bridgehead atoms. The van der Waals surface area contributed by atoms with Gasteiger partial charge in [-0.15, -0.1) is 0 Å². The van der Waals surface area contributed by atoms with Gasteiger partial charge in [-0.1, -0.05) is 75.9 Å². The number of para-hydroxylation sites is 1. The van der Waals surface area contributed by atoms with E-state index in [1.165, 1.54) is 37.4 Å². The minimum Gasteiger partial charge on any atom is -0.493 e. The molecule has 1 unspecified atom stereocenters. The van der Waals surface area contributed by atoms with Crippen molar-refractivity contribution in [1.82, 2.24) is 5.32 Å². The van der Waals surface area contributed by atoms with Gasteiger partial charge in [0.05, 0.1) is 30.6 Å². The number of ether oxygens (including phenoxy) is 3. The summed E-state index contributed by atoms with van der Waals surface area (Å²) in [6, 6.07) is 16.9. The highest BCUT2D eigenvalue weighted by atomic mass is 32.2. The molecular formula is C35H43FN2O7S. The van der Waals surface area contributed by atoms with Gasteiger partial charge in [-0.2, -0.15) is 0 Å². The van der Waals surface area contributed by atoms with Crippen molar-refractivity contribution in [1.29, 1.82) is 0 Å². The van der Waals surface area contributed by atoms with E-state index in [4.69, 9.17) is 14.2 Å². The highest BCUT2D eigenvalue weighted by Gasteiger charge is 2.42. The van der Waals surface area contributed by atoms with E-state index in [1.807, 2.05) is 30.3 Å². The van der Waals surface area contributed by atoms with E-state index in [2.05, 4.69) is 24.1 Å². The van der Waals surface area contributed by atoms with Crippen molar-refractivity contribution in [2.75, 3.05) is 38.0 Å². The lowest BCUT2D eigenvalue weighted by atomic mass is 9.79. The summed E-state index contributed by atoms with van der Waals surface area (Å²) in [5.74, 6) is -2.04. The molecule has 3 aromatic carbocycles. The molecule has 1 amide bonds. The minimum atomic E-state index is -3.83. The van der Waals surface area contributed by atoms with Crippen LogP contribution in [0.2, 0.25) is 0 Å². The first-order chi connectivity index (χ1) is 22.1. The summed E-state index contributed by atoms with van der Waals surface area (Å²) in [7, 11) is -1.26. The number of esters is 1. The zero-order chi connectivity index (χ0) is 33.3. The number of hydrogen-bond acceptors (Lipinski definition) is 8. The molecule has 0 saturated carbocycles. The molecule has 9 nitrogen and oxygen atoms in total. The van der Waals surface area contributed by atoms with Gasteiger partial charge in [-0.3, -0.25) is 4.79 Å². The smallest absolute Gasteiger partial charge is 0.333 e. The van der Waals surface area contributed by atoms with Gasteiger partial charge in [0.2, 0.25) is 0 Å². The van der Waals surface area contributed by atoms with Crippen LogP contribution in [0.3, 0.4) is 0 Å². The van der Waals surface area contributed by atoms with Crippen molar-refractivity contribution in [3.63, 3.8) is 0 Å². The van der Waals surface area contributed by atoms with Crippen LogP contribution in [-0.2, 0) is 24.2 Å². The molecular weight excluding hydrogens is 611 g/mol. The summed E-state index contributed by atoms with van der Waals surface area (Å²) in [6.07, 6.45) is 5.25. The van der Waals surface area contributed by atoms with Crippen molar-refractivity contribution >= 4 is 33.1 Å². The molecule has 0 fully saturated rings. The molecule has 1 aliphatic rings. The summed E-state index contributed by atoms with van der Waals surface area (Å²) < 4.78 is 59.2. The van der Waals surface area contributed by atoms with Gasteiger partial charge >= 0.3 is 5.97 Å². The first-order valence-electron chi connectivity index (χ1n) is 15.6. The Balaban J connectivity index is 1.71. The fourth-order valence-corrected chi connectivity index (χ4v) is 8.13. The molecule has 248 valence electrons. The Morgan fingerprint density at radius 2 is 1.61 bits per heavy atom. The van der Waals surface area contributed by atoms with Crippen molar-refractivity contribution < 1.29 is 36.6 Å². The van der Waals surface area contributed by atoms with Crippen molar-refractivity contribution in [3.8, 4) is 11.5 Å². The van der Waals surface area contributed by atoms with Crippen molar-refractivity contribution in [3.05, 3.63) is 78.1 Å². The molecule has 1 aliphatic heterocycles. The van der Waals surface area contributed by atoms with Gasteiger partial charge in [-0.05, 0) is 31.0 Å². The van der Waals surface area contributed by atoms with Gasteiger partial charge < -0.3 is 24.4 Å². The minimum absolute atomic E-state index is 0.0218. The maximum absolute atomic E-state index is 14.5. The molecule has 1 atom stereocenters. The highest BCUT2D eigenvalue weighted by Crippen LogP contribution is 2.48. The number of carbonyl (C=O) groups is 2. The number of nitrogens with one attached hydrogen (secondary N) is 1. The predicted molar refractivity (Wildman–Crippen MR) is 175 cm³/mol. The Labute approximate surface area is 271 Å². The third kappa shape index (κ3) is 7.99. The van der Waals surface area contributed by atoms with Crippen LogP contribution in [0.15, 0.2) is 71.6 Å². The number of rotatable bonds is 14. The molecule has 3 aromatic rings. The highest BCUT2D eigenvalue weighted by molar-refractivity contribution is 7.91. The second-order valence-corrected chi connectivity index (χ2v) is 13.7. The largest absolute Gasteiger partial charge is 0.493 e. The van der Waals surface area contributed by atoms with Crippen LogP contribution in [0.1, 0.15) is 64.0 Å². The summed E-state index contributed by atoms with van der Waals surface area (Å²) in [5.41, 5.74) is 0.783. The zero-order valence-corrected chi connectivity index (χ0v) is 27.7. The average Bonchev–Trinajstić information content (AvgIpc) is 3.15. The quantitative estimate of drug-likeness (QED) is 0.195. The standard InChI is InChI=1S/C35H43FN2O7S/c1-5-7-18-35(19-8-6-2)23-38(25-14-10-9-11-15-25)28-20-29(43-3)30(21-31(28)46(41,42)24-35)45-22-32(39)37-33(34(40)44-4)26-16-12-13-17-27(26)36/h9-17,20-21,33H,5-8,18-19,22-24H2,1-4H3,(H,37,39). The third-order valence-electron chi connectivity index (χ3n) is 8.37. The van der Waals surface area contributed by atoms with Crippen molar-refractivity contribution in [2.24, 2.45) is 5.41 Å². The normalized spacial score (nSPS) is 15.6. The number of sulfone groups is 1. The third-order valence-corrected chi connectivity index (χ3v) is 10.4. The van der Waals surface area contributed by atoms with E-state index in [0.29, 0.717) is 12.2 Å². The summed E-state index contributed by atoms with van der Waals surface area (Å²) in [5, 5.41) is 2.45. The van der Waals surface area contributed by atoms with Gasteiger partial charge in [0, 0.05) is 35.3 Å². The second-order valence-electron chi connectivity index (χ2n) is 11.7. The molecule has 1 N–H and O–H groups in total. The Morgan fingerprint density at radius 1 is 0.957 bits per heavy atom. The molecule has 0 radical (unpaired) electrons. The lowest BCUT2D eigenvalue weighted by molar-refractivity contribution is -0.145. The first-order valence-corrected chi connectivity index (χ1v) is 17.2. The van der Waals surface area contributed by atoms with Gasteiger partial charge in [-0.25, -0.2) is 17.6 Å². The molecule has 1 heterocycles. The number of fused-ring (bicyclic) bond motifs is 1. The van der Waals surface area contributed by atoms with Crippen LogP contribution in [0, 0.1) is 11.2 Å². The van der Waals surface area contributed by atoms with E-state index >= 15 is 0 Å². The van der Waals surface area contributed by atoms with Crippen LogP contribution >= 0.6 is 0 Å². The Morgan fingerprint density at radius 3 is 2.22 bits per heavy atom. The Hall–Kier alpha value is -4.12. The summed E-state index contributed by atoms with van der Waals surface area (Å²) >= 11 is 0. The fraction of sp³-hybridized carbons (Fsp3) is 0.429. The van der Waals surface area contributed by atoms with E-state index in [0.717, 1.165) is 51.3 Å².